The summed E-state index contributed by atoms with van der Waals surface area (Å²) in [7, 11) is 3.39. The van der Waals surface area contributed by atoms with Crippen LogP contribution in [0.3, 0.4) is 0 Å². The van der Waals surface area contributed by atoms with E-state index in [-0.39, 0.29) is 12.5 Å². The number of fused-ring (bicyclic) bond motifs is 1. The third-order valence-electron chi connectivity index (χ3n) is 3.11. The number of ether oxygens (including phenoxy) is 3. The summed E-state index contributed by atoms with van der Waals surface area (Å²) in [5, 5.41) is 2.76. The van der Waals surface area contributed by atoms with Crippen LogP contribution in [0.5, 0.6) is 11.5 Å². The number of nitrogens with one attached hydrogen (secondary N) is 1. The first-order valence-electron chi connectivity index (χ1n) is 6.77. The van der Waals surface area contributed by atoms with Gasteiger partial charge in [0, 0.05) is 32.8 Å². The molecule has 0 bridgehead atoms. The average molecular weight is 295 g/mol. The molecule has 1 aliphatic heterocycles. The number of nitrogen functional groups attached to an aromatic ring is 1. The Morgan fingerprint density at radius 2 is 2.05 bits per heavy atom. The van der Waals surface area contributed by atoms with Gasteiger partial charge in [-0.3, -0.25) is 4.79 Å². The predicted molar refractivity (Wildman–Crippen MR) is 80.0 cm³/mol. The van der Waals surface area contributed by atoms with Crippen molar-refractivity contribution >= 4 is 17.3 Å². The molecular formula is C14H21N3O4. The molecule has 0 fully saturated rings. The standard InChI is InChI=1S/C14H21N3O4/c1-17(9-14(18)16-3-4-19-2)11-8-13-12(7-10(11)15)20-5-6-21-13/h7-8H,3-6,9,15H2,1-2H3,(H,16,18). The molecule has 7 nitrogen and oxygen atoms in total. The molecule has 0 aromatic heterocycles. The smallest absolute Gasteiger partial charge is 0.239 e. The van der Waals surface area contributed by atoms with Crippen LogP contribution in [-0.4, -0.2) is 53.0 Å². The minimum absolute atomic E-state index is 0.0937. The van der Waals surface area contributed by atoms with Crippen molar-refractivity contribution in [2.24, 2.45) is 0 Å². The maximum absolute atomic E-state index is 11.8. The number of carbonyl (C=O) groups is 1. The number of methoxy groups -OCH3 is 1. The fourth-order valence-electron chi connectivity index (χ4n) is 2.07. The van der Waals surface area contributed by atoms with E-state index >= 15 is 0 Å². The highest BCUT2D eigenvalue weighted by atomic mass is 16.6. The highest BCUT2D eigenvalue weighted by Gasteiger charge is 2.17. The van der Waals surface area contributed by atoms with E-state index in [1.807, 2.05) is 0 Å². The summed E-state index contributed by atoms with van der Waals surface area (Å²) < 4.78 is 15.9. The molecule has 21 heavy (non-hydrogen) atoms. The molecule has 1 aromatic carbocycles. The average Bonchev–Trinajstić information content (AvgIpc) is 2.46. The van der Waals surface area contributed by atoms with Gasteiger partial charge in [-0.25, -0.2) is 0 Å². The van der Waals surface area contributed by atoms with Crippen molar-refractivity contribution in [1.29, 1.82) is 0 Å². The fourth-order valence-corrected chi connectivity index (χ4v) is 2.07. The third-order valence-corrected chi connectivity index (χ3v) is 3.11. The van der Waals surface area contributed by atoms with Crippen molar-refractivity contribution in [3.8, 4) is 11.5 Å². The normalized spacial score (nSPS) is 12.9. The zero-order chi connectivity index (χ0) is 15.2. The Hall–Kier alpha value is -2.15. The molecular weight excluding hydrogens is 274 g/mol. The fraction of sp³-hybridized carbons (Fsp3) is 0.500. The van der Waals surface area contributed by atoms with E-state index in [4.69, 9.17) is 19.9 Å². The molecule has 1 heterocycles. The first-order valence-corrected chi connectivity index (χ1v) is 6.77. The Balaban J connectivity index is 2.01. The molecule has 0 unspecified atom stereocenters. The molecule has 1 aliphatic rings. The second-order valence-corrected chi connectivity index (χ2v) is 4.75. The zero-order valence-electron chi connectivity index (χ0n) is 12.3. The maximum Gasteiger partial charge on any atom is 0.239 e. The van der Waals surface area contributed by atoms with E-state index < -0.39 is 0 Å². The van der Waals surface area contributed by atoms with Crippen LogP contribution < -0.4 is 25.4 Å². The third kappa shape index (κ3) is 3.91. The molecule has 3 N–H and O–H groups in total. The highest BCUT2D eigenvalue weighted by molar-refractivity contribution is 5.83. The highest BCUT2D eigenvalue weighted by Crippen LogP contribution is 2.38. The zero-order valence-corrected chi connectivity index (χ0v) is 12.3. The Morgan fingerprint density at radius 3 is 2.71 bits per heavy atom. The molecule has 116 valence electrons. The summed E-state index contributed by atoms with van der Waals surface area (Å²) >= 11 is 0. The van der Waals surface area contributed by atoms with Gasteiger partial charge in [0.25, 0.3) is 0 Å². The van der Waals surface area contributed by atoms with Gasteiger partial charge in [-0.2, -0.15) is 0 Å². The second-order valence-electron chi connectivity index (χ2n) is 4.75. The van der Waals surface area contributed by atoms with Gasteiger partial charge in [-0.05, 0) is 0 Å². The largest absolute Gasteiger partial charge is 0.486 e. The topological polar surface area (TPSA) is 86.1 Å². The van der Waals surface area contributed by atoms with Crippen LogP contribution in [0.4, 0.5) is 11.4 Å². The number of hydrogen-bond acceptors (Lipinski definition) is 6. The molecule has 0 saturated carbocycles. The summed E-state index contributed by atoms with van der Waals surface area (Å²) in [6.07, 6.45) is 0. The Morgan fingerprint density at radius 1 is 1.38 bits per heavy atom. The molecule has 0 spiro atoms. The van der Waals surface area contributed by atoms with E-state index in [1.54, 1.807) is 31.2 Å². The Bertz CT molecular complexity index is 507. The number of benzene rings is 1. The van der Waals surface area contributed by atoms with Gasteiger partial charge in [-0.15, -0.1) is 0 Å². The van der Waals surface area contributed by atoms with E-state index in [0.29, 0.717) is 43.6 Å². The van der Waals surface area contributed by atoms with Crippen LogP contribution >= 0.6 is 0 Å². The summed E-state index contributed by atoms with van der Waals surface area (Å²) in [6, 6.07) is 3.52. The number of likely N-dealkylation sites (N-methyl/N-ethyl adjacent to an activating group) is 1. The first-order chi connectivity index (χ1) is 10.1. The van der Waals surface area contributed by atoms with Gasteiger partial charge in [0.2, 0.25) is 5.91 Å². The number of carbonyl (C=O) groups excluding carboxylic acids is 1. The molecule has 1 aromatic rings. The van der Waals surface area contributed by atoms with Crippen LogP contribution in [0, 0.1) is 0 Å². The monoisotopic (exact) mass is 295 g/mol. The van der Waals surface area contributed by atoms with Crippen molar-refractivity contribution in [2.45, 2.75) is 0 Å². The second kappa shape index (κ2) is 7.03. The SMILES string of the molecule is COCCNC(=O)CN(C)c1cc2c(cc1N)OCCO2. The molecule has 1 amide bonds. The lowest BCUT2D eigenvalue weighted by Gasteiger charge is -2.24. The van der Waals surface area contributed by atoms with Crippen LogP contribution in [0.2, 0.25) is 0 Å². The number of amides is 1. The summed E-state index contributed by atoms with van der Waals surface area (Å²) in [5.41, 5.74) is 7.30. The number of rotatable bonds is 6. The van der Waals surface area contributed by atoms with Gasteiger partial charge < -0.3 is 30.2 Å². The molecule has 2 rings (SSSR count). The van der Waals surface area contributed by atoms with Crippen LogP contribution in [0.1, 0.15) is 0 Å². The minimum Gasteiger partial charge on any atom is -0.486 e. The van der Waals surface area contributed by atoms with Crippen LogP contribution in [0.15, 0.2) is 12.1 Å². The van der Waals surface area contributed by atoms with Crippen molar-refractivity contribution in [1.82, 2.24) is 5.32 Å². The van der Waals surface area contributed by atoms with E-state index in [2.05, 4.69) is 5.32 Å². The number of anilines is 2. The van der Waals surface area contributed by atoms with Gasteiger partial charge in [0.1, 0.15) is 13.2 Å². The molecule has 7 heteroatoms. The lowest BCUT2D eigenvalue weighted by molar-refractivity contribution is -0.119. The minimum atomic E-state index is -0.0937. The van der Waals surface area contributed by atoms with E-state index in [9.17, 15) is 4.79 Å². The van der Waals surface area contributed by atoms with Crippen LogP contribution in [-0.2, 0) is 9.53 Å². The lowest BCUT2D eigenvalue weighted by atomic mass is 10.2. The lowest BCUT2D eigenvalue weighted by Crippen LogP contribution is -2.37. The maximum atomic E-state index is 11.8. The summed E-state index contributed by atoms with van der Waals surface area (Å²) in [4.78, 5) is 13.6. The van der Waals surface area contributed by atoms with Gasteiger partial charge in [0.15, 0.2) is 11.5 Å². The Labute approximate surface area is 123 Å². The molecule has 0 aliphatic carbocycles. The molecule has 0 saturated heterocycles. The van der Waals surface area contributed by atoms with Gasteiger partial charge >= 0.3 is 0 Å². The Kier molecular flexibility index (Phi) is 5.10. The van der Waals surface area contributed by atoms with Crippen molar-refractivity contribution in [3.05, 3.63) is 12.1 Å². The van der Waals surface area contributed by atoms with Crippen molar-refractivity contribution < 1.29 is 19.0 Å². The summed E-state index contributed by atoms with van der Waals surface area (Å²) in [5.74, 6) is 1.20. The number of nitrogens with two attached hydrogens (primary N) is 1. The van der Waals surface area contributed by atoms with E-state index in [0.717, 1.165) is 5.69 Å². The van der Waals surface area contributed by atoms with Crippen LogP contribution in [0.25, 0.3) is 0 Å². The predicted octanol–water partition coefficient (Wildman–Crippen LogP) is 0.239. The van der Waals surface area contributed by atoms with Gasteiger partial charge in [0.05, 0.1) is 24.5 Å². The van der Waals surface area contributed by atoms with Crippen molar-refractivity contribution in [2.75, 3.05) is 57.7 Å². The number of nitrogens with zero attached hydrogens (tertiary/aromatic N) is 1. The van der Waals surface area contributed by atoms with E-state index in [1.165, 1.54) is 0 Å². The number of hydrogen-bond donors (Lipinski definition) is 2. The first kappa shape index (κ1) is 15.2. The summed E-state index contributed by atoms with van der Waals surface area (Å²) in [6.45, 7) is 2.20. The quantitative estimate of drug-likeness (QED) is 0.577. The van der Waals surface area contributed by atoms with Crippen molar-refractivity contribution in [3.63, 3.8) is 0 Å². The molecule has 0 radical (unpaired) electrons. The van der Waals surface area contributed by atoms with Gasteiger partial charge in [-0.1, -0.05) is 0 Å². The molecule has 0 atom stereocenters.